The van der Waals surface area contributed by atoms with Crippen molar-refractivity contribution in [3.05, 3.63) is 0 Å². The first-order valence-electron chi connectivity index (χ1n) is 6.36. The molecular weight excluding hydrogens is 6660 g/mol. The van der Waals surface area contributed by atoms with Crippen molar-refractivity contribution in [2.24, 2.45) is 0 Å². The molecule has 125 heteroatoms. The Hall–Kier alpha value is 48.5. The summed E-state index contributed by atoms with van der Waals surface area (Å²) >= 11 is 0. The first-order chi connectivity index (χ1) is 15.3. The molecule has 1075 valence electrons. The Bertz CT molecular complexity index is 912. The van der Waals surface area contributed by atoms with Crippen molar-refractivity contribution in [1.82, 2.24) is 0 Å². The number of aliphatic hydroxyl groups is 5. The van der Waals surface area contributed by atoms with Crippen LogP contribution in [0.2, 0.25) is 0 Å². The molecule has 0 aliphatic carbocycles. The standard InChI is InChI=1S/5CH4O5S.95Cu/c5*2-1-6-7(3,4)5;;;;;;;;;;;;;;;;;;;;;;;;;;;;;;;;;;;;;;;;;;;;;;;;;;;;;;;;;;;;;;;;;;;;;;;;;;;;;;;;;;;;;;;;;;;;;;;/h5*2H,1H2,(H,3,4,5);;;;;;;;;;;;;;;;;;;;;;;;;;;;;;;;;;;;;;;;;;;;;;;;;;;;;;;;;;;;;;;;;;;;;;;;;;;;;;;;;;;;;;;;;;;;;;;/q;;;;;95*+2/p-5. The van der Waals surface area contributed by atoms with E-state index in [0.717, 1.165) is 0 Å². The van der Waals surface area contributed by atoms with Crippen LogP contribution in [0.25, 0.3) is 0 Å². The Labute approximate surface area is 1770 Å². The summed E-state index contributed by atoms with van der Waals surface area (Å²) in [5, 5.41) is 38.0. The third-order valence-electron chi connectivity index (χ3n) is 0.985. The molecule has 95 radical (unpaired) electrons. The second kappa shape index (κ2) is 706. The van der Waals surface area contributed by atoms with Crippen LogP contribution < -0.4 is 0 Å². The van der Waals surface area contributed by atoms with Gasteiger partial charge in [-0.2, -0.15) is 0 Å². The van der Waals surface area contributed by atoms with Crippen LogP contribution in [0.3, 0.4) is 0 Å². The minimum Gasteiger partial charge on any atom is -0.725 e. The first kappa shape index (κ1) is 913. The Kier molecular flexibility index (Phi) is 4960. The van der Waals surface area contributed by atoms with E-state index in [2.05, 4.69) is 20.9 Å². The van der Waals surface area contributed by atoms with E-state index in [0.29, 0.717) is 0 Å². The summed E-state index contributed by atoms with van der Waals surface area (Å²) in [4.78, 5) is 0. The van der Waals surface area contributed by atoms with E-state index in [9.17, 15) is 64.9 Å². The van der Waals surface area contributed by atoms with Crippen molar-refractivity contribution in [2.45, 2.75) is 0 Å². The van der Waals surface area contributed by atoms with Crippen molar-refractivity contribution in [3.8, 4) is 0 Å². The van der Waals surface area contributed by atoms with Gasteiger partial charge in [-0.3, -0.25) is 20.9 Å². The number of rotatable bonds is 10. The normalized spacial score (nSPS) is 3.15. The molecule has 0 aromatic heterocycles. The molecule has 5 N–H and O–H groups in total. The zero-order chi connectivity index (χ0) is 29.6. The summed E-state index contributed by atoms with van der Waals surface area (Å²) < 4.78 is 155. The van der Waals surface area contributed by atoms with Crippen LogP contribution in [0.4, 0.5) is 0 Å². The van der Waals surface area contributed by atoms with Gasteiger partial charge in [0.25, 0.3) is 0 Å². The average molecular weight is 6670 g/mol. The first-order valence-corrected chi connectivity index (χ1v) is 13.0. The van der Waals surface area contributed by atoms with E-state index in [1.807, 2.05) is 0 Å². The Morgan fingerprint density at radius 3 is 0.123 bits per heavy atom. The SMILES string of the molecule is O=S(=O)([O-])OCO.O=S(=O)([O-])OCO.O=S(=O)([O-])OCO.O=S(=O)([O-])OCO.O=S(=O)([O-])OCO.[Cu+2].[Cu+2].[Cu+2].[Cu+2].[Cu+2].[Cu+2].[Cu+2].[Cu+2].[Cu+2].[Cu+2].[Cu+2].[Cu+2].[Cu+2].[Cu+2].[Cu+2].[Cu+2].[Cu+2].[Cu+2].[Cu+2].[Cu+2].[Cu+2].[Cu+2].[Cu+2].[Cu+2].[Cu+2].[Cu+2].[Cu+2].[Cu+2].[Cu+2].[Cu+2].[Cu+2].[Cu+2].[Cu+2].[Cu+2].[Cu+2].[Cu+2].[Cu+2].[Cu+2].[Cu+2].[Cu+2].[Cu+2].[Cu+2].[Cu+2].[Cu+2].[Cu+2].[Cu+2].[Cu+2].[Cu+2].[Cu+2].[Cu+2].[Cu+2].[Cu+2].[Cu+2].[Cu+2].[Cu+2].[Cu+2].[Cu+2].[Cu+2].[Cu+2].[Cu+2].[Cu+2].[Cu+2].[Cu+2].[Cu+2].[Cu+2].[Cu+2].[Cu+2].[Cu+2].[Cu+2].[Cu+2].[Cu+2].[Cu+2].[Cu+2].[Cu+2].[Cu+2].[Cu+2].[Cu+2].[Cu+2].[Cu+2].[Cu+2].[Cu+2].[Cu+2].[Cu+2].[Cu+2].[Cu+2].[Cu+2].[Cu+2].[Cu+2].[Cu+2].[Cu+2].[Cu+2].[Cu+2].[Cu+2].[Cu+2].[Cu+2]. The average Bonchev–Trinajstić information content (AvgIpc) is 2.51. The van der Waals surface area contributed by atoms with E-state index in [4.69, 9.17) is 25.5 Å². The van der Waals surface area contributed by atoms with E-state index in [-0.39, 0.29) is 1620 Å². The van der Waals surface area contributed by atoms with Gasteiger partial charge in [0.2, 0.25) is 52.0 Å². The minimum atomic E-state index is -4.67. The molecule has 0 unspecified atom stereocenters. The monoisotopic (exact) mass is 6610 g/mol. The minimum absolute atomic E-state index is 0. The van der Waals surface area contributed by atoms with Crippen LogP contribution in [0.1, 0.15) is 0 Å². The van der Waals surface area contributed by atoms with Gasteiger partial charge in [-0.05, 0) is 0 Å². The fourth-order valence-corrected chi connectivity index (χ4v) is 0.968. The van der Waals surface area contributed by atoms with Crippen LogP contribution in [0.15, 0.2) is 0 Å². The van der Waals surface area contributed by atoms with Gasteiger partial charge in [0.1, 0.15) is 0 Å². The molecule has 130 heavy (non-hydrogen) atoms. The topological polar surface area (TPSA) is 433 Å². The van der Waals surface area contributed by atoms with Crippen LogP contribution in [-0.2, 0) is 1690 Å². The molecule has 0 rings (SSSR count). The second-order valence-electron chi connectivity index (χ2n) is 3.28. The molecular formula is C5H15Cu95O25S5+185. The van der Waals surface area contributed by atoms with E-state index >= 15 is 0 Å². The second-order valence-corrected chi connectivity index (χ2v) is 8.54. The third kappa shape index (κ3) is 1160. The zero-order valence-electron chi connectivity index (χ0n) is 44.6. The molecule has 0 aliphatic heterocycles. The molecule has 0 spiro atoms. The molecule has 0 amide bonds. The molecule has 25 nitrogen and oxygen atoms in total. The van der Waals surface area contributed by atoms with E-state index < -0.39 is 86.0 Å². The predicted molar refractivity (Wildman–Crippen MR) is 89.3 cm³/mol. The van der Waals surface area contributed by atoms with Crippen molar-refractivity contribution in [1.29, 1.82) is 0 Å². The predicted octanol–water partition coefficient (Wildman–Crippen LogP) is -8.17. The Balaban J connectivity index is -0.000000000747. The zero-order valence-corrected chi connectivity index (χ0v) is 138. The molecule has 0 aliphatic rings. The van der Waals surface area contributed by atoms with Crippen LogP contribution in [-0.4, -0.2) is 124 Å². The van der Waals surface area contributed by atoms with Gasteiger partial charge >= 0.3 is 1620 Å². The summed E-state index contributed by atoms with van der Waals surface area (Å²) in [5.74, 6) is 0. The molecule has 0 aromatic carbocycles. The van der Waals surface area contributed by atoms with Gasteiger partial charge in [-0.1, -0.05) is 0 Å². The maximum atomic E-state index is 9.29. The van der Waals surface area contributed by atoms with Gasteiger partial charge in [0, 0.05) is 0 Å². The van der Waals surface area contributed by atoms with E-state index in [1.54, 1.807) is 0 Å². The van der Waals surface area contributed by atoms with Crippen LogP contribution >= 0.6 is 0 Å². The van der Waals surface area contributed by atoms with Gasteiger partial charge in [0.15, 0.2) is 34.0 Å². The van der Waals surface area contributed by atoms with Crippen molar-refractivity contribution >= 4 is 52.0 Å². The third-order valence-corrected chi connectivity index (χ3v) is 2.96. The molecule has 0 heterocycles. The number of hydrogen-bond donors (Lipinski definition) is 5. The maximum absolute atomic E-state index is 9.29. The van der Waals surface area contributed by atoms with E-state index in [1.165, 1.54) is 0 Å². The van der Waals surface area contributed by atoms with Crippen LogP contribution in [0, 0.1) is 0 Å². The molecule has 0 atom stereocenters. The fraction of sp³-hybridized carbons (Fsp3) is 1.00. The summed E-state index contributed by atoms with van der Waals surface area (Å²) in [6.45, 7) is -5.46. The number of hydrogen-bond acceptors (Lipinski definition) is 25. The molecule has 0 saturated heterocycles. The summed E-state index contributed by atoms with van der Waals surface area (Å²) in [7, 11) is -23.4. The smallest absolute Gasteiger partial charge is 0.725 e. The van der Waals surface area contributed by atoms with Gasteiger partial charge in [-0.15, -0.1) is 0 Å². The van der Waals surface area contributed by atoms with Crippen molar-refractivity contribution in [2.75, 3.05) is 34.0 Å². The molecule has 0 saturated carbocycles. The maximum Gasteiger partial charge on any atom is 2.00 e. The molecule has 0 fully saturated rings. The fourth-order valence-electron chi connectivity index (χ4n) is 0.323. The summed E-state index contributed by atoms with van der Waals surface area (Å²) in [6.07, 6.45) is 0. The number of aliphatic hydroxyl groups excluding tert-OH is 5. The molecule has 0 aromatic rings. The van der Waals surface area contributed by atoms with Crippen LogP contribution in [0.5, 0.6) is 0 Å². The van der Waals surface area contributed by atoms with Gasteiger partial charge in [-0.25, -0.2) is 42.1 Å². The quantitative estimate of drug-likeness (QED) is 0.0587. The van der Waals surface area contributed by atoms with Gasteiger partial charge in [0.05, 0.1) is 0 Å². The molecule has 0 bridgehead atoms. The largest absolute Gasteiger partial charge is 2.00 e. The Morgan fingerprint density at radius 1 is 0.100 bits per heavy atom. The van der Waals surface area contributed by atoms with Gasteiger partial charge < -0.3 is 48.3 Å². The van der Waals surface area contributed by atoms with Crippen molar-refractivity contribution in [3.63, 3.8) is 0 Å². The van der Waals surface area contributed by atoms with Crippen molar-refractivity contribution < 1.29 is 1730 Å². The Morgan fingerprint density at radius 2 is 0.123 bits per heavy atom. The summed E-state index contributed by atoms with van der Waals surface area (Å²) in [5.41, 5.74) is 0. The summed E-state index contributed by atoms with van der Waals surface area (Å²) in [6, 6.07) is 0.